The number of carbonyl (C=O) groups is 1. The van der Waals surface area contributed by atoms with E-state index in [0.717, 1.165) is 18.6 Å². The van der Waals surface area contributed by atoms with Crippen molar-refractivity contribution in [2.24, 2.45) is 5.73 Å². The van der Waals surface area contributed by atoms with Gasteiger partial charge in [0.1, 0.15) is 17.6 Å². The van der Waals surface area contributed by atoms with Crippen LogP contribution in [0.2, 0.25) is 0 Å². The van der Waals surface area contributed by atoms with Crippen LogP contribution in [0.3, 0.4) is 0 Å². The van der Waals surface area contributed by atoms with Gasteiger partial charge in [-0.05, 0) is 55.3 Å². The van der Waals surface area contributed by atoms with Crippen LogP contribution in [0.4, 0.5) is 18.9 Å². The fourth-order valence-corrected chi connectivity index (χ4v) is 2.77. The van der Waals surface area contributed by atoms with Gasteiger partial charge in [-0.25, -0.2) is 0 Å². The second kappa shape index (κ2) is 9.27. The molecular weight excluding hydrogens is 397 g/mol. The molecule has 0 radical (unpaired) electrons. The molecule has 0 aromatic heterocycles. The Kier molecular flexibility index (Phi) is 7.29. The highest BCUT2D eigenvalue weighted by Crippen LogP contribution is 2.33. The summed E-state index contributed by atoms with van der Waals surface area (Å²) in [4.78, 5) is 12.2. The van der Waals surface area contributed by atoms with Crippen molar-refractivity contribution in [1.29, 1.82) is 0 Å². The van der Waals surface area contributed by atoms with Crippen LogP contribution >= 0.6 is 12.4 Å². The third kappa shape index (κ3) is 5.60. The maximum absolute atomic E-state index is 12.7. The van der Waals surface area contributed by atoms with Crippen molar-refractivity contribution in [3.8, 4) is 11.5 Å². The van der Waals surface area contributed by atoms with Crippen molar-refractivity contribution in [2.45, 2.75) is 31.2 Å². The maximum Gasteiger partial charge on any atom is 0.416 e. The number of rotatable bonds is 5. The van der Waals surface area contributed by atoms with E-state index in [1.54, 1.807) is 24.3 Å². The number of nitrogens with one attached hydrogen (secondary N) is 1. The average Bonchev–Trinajstić information content (AvgIpc) is 3.12. The normalized spacial score (nSPS) is 19.0. The Balaban J connectivity index is 0.00000280. The van der Waals surface area contributed by atoms with E-state index in [-0.39, 0.29) is 30.2 Å². The van der Waals surface area contributed by atoms with Crippen molar-refractivity contribution < 1.29 is 27.4 Å². The van der Waals surface area contributed by atoms with Crippen LogP contribution in [0.5, 0.6) is 11.5 Å². The summed E-state index contributed by atoms with van der Waals surface area (Å²) in [5.41, 5.74) is 5.29. The molecule has 3 N–H and O–H groups in total. The third-order valence-corrected chi connectivity index (χ3v) is 4.18. The summed E-state index contributed by atoms with van der Waals surface area (Å²) in [7, 11) is 0. The van der Waals surface area contributed by atoms with Gasteiger partial charge in [-0.3, -0.25) is 4.79 Å². The van der Waals surface area contributed by atoms with E-state index in [4.69, 9.17) is 15.2 Å². The molecule has 2 aromatic carbocycles. The minimum Gasteiger partial charge on any atom is -0.457 e. The minimum atomic E-state index is -4.43. The van der Waals surface area contributed by atoms with Gasteiger partial charge in [0.05, 0.1) is 11.7 Å². The summed E-state index contributed by atoms with van der Waals surface area (Å²) in [5, 5.41) is 2.74. The quantitative estimate of drug-likeness (QED) is 0.759. The zero-order chi connectivity index (χ0) is 19.4. The molecule has 1 aliphatic rings. The first kappa shape index (κ1) is 22.0. The number of ether oxygens (including phenoxy) is 2. The molecule has 0 bridgehead atoms. The van der Waals surface area contributed by atoms with Gasteiger partial charge in [-0.1, -0.05) is 6.07 Å². The van der Waals surface area contributed by atoms with Crippen molar-refractivity contribution in [3.63, 3.8) is 0 Å². The first-order valence-corrected chi connectivity index (χ1v) is 8.47. The molecule has 0 unspecified atom stereocenters. The number of benzene rings is 2. The smallest absolute Gasteiger partial charge is 0.416 e. The molecule has 1 saturated heterocycles. The van der Waals surface area contributed by atoms with E-state index in [1.165, 1.54) is 12.1 Å². The van der Waals surface area contributed by atoms with Crippen LogP contribution in [0.15, 0.2) is 48.5 Å². The monoisotopic (exact) mass is 416 g/mol. The third-order valence-electron chi connectivity index (χ3n) is 4.18. The lowest BCUT2D eigenvalue weighted by Gasteiger charge is -2.13. The van der Waals surface area contributed by atoms with E-state index in [2.05, 4.69) is 5.32 Å². The molecular formula is C19H20ClF3N2O3. The van der Waals surface area contributed by atoms with Crippen molar-refractivity contribution in [3.05, 3.63) is 54.1 Å². The number of hydrogen-bond acceptors (Lipinski definition) is 4. The van der Waals surface area contributed by atoms with Crippen LogP contribution in [-0.4, -0.2) is 24.7 Å². The molecule has 0 saturated carbocycles. The first-order valence-electron chi connectivity index (χ1n) is 8.47. The predicted octanol–water partition coefficient (Wildman–Crippen LogP) is 4.36. The molecule has 9 heteroatoms. The first-order chi connectivity index (χ1) is 12.8. The Morgan fingerprint density at radius 1 is 1.14 bits per heavy atom. The molecule has 152 valence electrons. The SMILES string of the molecule is Cl.NC[C@H]1CC[C@@H](C(=O)Nc2ccc(Oc3cccc(C(F)(F)F)c3)cc2)O1. The molecule has 28 heavy (non-hydrogen) atoms. The highest BCUT2D eigenvalue weighted by Gasteiger charge is 2.31. The van der Waals surface area contributed by atoms with Gasteiger partial charge in [0.2, 0.25) is 0 Å². The van der Waals surface area contributed by atoms with E-state index in [9.17, 15) is 18.0 Å². The molecule has 0 aliphatic carbocycles. The summed E-state index contributed by atoms with van der Waals surface area (Å²) >= 11 is 0. The van der Waals surface area contributed by atoms with Crippen LogP contribution in [0, 0.1) is 0 Å². The standard InChI is InChI=1S/C19H19F3N2O3.ClH/c20-19(21,22)12-2-1-3-15(10-12)26-14-6-4-13(5-7-14)24-18(25)17-9-8-16(11-23)27-17;/h1-7,10,16-17H,8-9,11,23H2,(H,24,25);1H/t16-,17+;/m1./s1. The molecule has 1 heterocycles. The van der Waals surface area contributed by atoms with Gasteiger partial charge >= 0.3 is 6.18 Å². The lowest BCUT2D eigenvalue weighted by atomic mass is 10.2. The summed E-state index contributed by atoms with van der Waals surface area (Å²) in [6, 6.07) is 11.0. The van der Waals surface area contributed by atoms with Crippen molar-refractivity contribution in [2.75, 3.05) is 11.9 Å². The number of anilines is 1. The Labute approximate surface area is 166 Å². The van der Waals surface area contributed by atoms with E-state index >= 15 is 0 Å². The molecule has 5 nitrogen and oxygen atoms in total. The van der Waals surface area contributed by atoms with Crippen LogP contribution < -0.4 is 15.8 Å². The van der Waals surface area contributed by atoms with Gasteiger partial charge in [-0.15, -0.1) is 12.4 Å². The zero-order valence-electron chi connectivity index (χ0n) is 14.7. The topological polar surface area (TPSA) is 73.6 Å². The minimum absolute atomic E-state index is 0. The number of nitrogens with two attached hydrogens (primary N) is 1. The lowest BCUT2D eigenvalue weighted by Crippen LogP contribution is -2.29. The fourth-order valence-electron chi connectivity index (χ4n) is 2.77. The van der Waals surface area contributed by atoms with Crippen molar-refractivity contribution in [1.82, 2.24) is 0 Å². The van der Waals surface area contributed by atoms with Gasteiger partial charge in [-0.2, -0.15) is 13.2 Å². The van der Waals surface area contributed by atoms with Crippen LogP contribution in [-0.2, 0) is 15.7 Å². The van der Waals surface area contributed by atoms with Crippen molar-refractivity contribution >= 4 is 24.0 Å². The zero-order valence-corrected chi connectivity index (χ0v) is 15.6. The lowest BCUT2D eigenvalue weighted by molar-refractivity contribution is -0.137. The van der Waals surface area contributed by atoms with Gasteiger partial charge in [0.25, 0.3) is 5.91 Å². The molecule has 3 rings (SSSR count). The highest BCUT2D eigenvalue weighted by molar-refractivity contribution is 5.94. The van der Waals surface area contributed by atoms with Crippen LogP contribution in [0.25, 0.3) is 0 Å². The number of hydrogen-bond donors (Lipinski definition) is 2. The Morgan fingerprint density at radius 2 is 1.86 bits per heavy atom. The summed E-state index contributed by atoms with van der Waals surface area (Å²) in [6.07, 6.45) is -3.69. The van der Waals surface area contributed by atoms with Gasteiger partial charge < -0.3 is 20.5 Å². The molecule has 0 spiro atoms. The highest BCUT2D eigenvalue weighted by atomic mass is 35.5. The van der Waals surface area contributed by atoms with E-state index in [0.29, 0.717) is 24.4 Å². The largest absolute Gasteiger partial charge is 0.457 e. The maximum atomic E-state index is 12.7. The second-order valence-corrected chi connectivity index (χ2v) is 6.20. The number of alkyl halides is 3. The Hall–Kier alpha value is -2.29. The second-order valence-electron chi connectivity index (χ2n) is 6.20. The van der Waals surface area contributed by atoms with E-state index in [1.807, 2.05) is 0 Å². The molecule has 2 aromatic rings. The Bertz CT molecular complexity index is 800. The molecule has 1 aliphatic heterocycles. The van der Waals surface area contributed by atoms with Gasteiger partial charge in [0, 0.05) is 12.2 Å². The number of halogens is 4. The molecule has 1 amide bonds. The fraction of sp³-hybridized carbons (Fsp3) is 0.316. The predicted molar refractivity (Wildman–Crippen MR) is 101 cm³/mol. The Morgan fingerprint density at radius 3 is 2.46 bits per heavy atom. The number of carbonyl (C=O) groups excluding carboxylic acids is 1. The number of amides is 1. The summed E-state index contributed by atoms with van der Waals surface area (Å²) in [5.74, 6) is 0.180. The van der Waals surface area contributed by atoms with Crippen LogP contribution in [0.1, 0.15) is 18.4 Å². The average molecular weight is 417 g/mol. The summed E-state index contributed by atoms with van der Waals surface area (Å²) < 4.78 is 49.2. The summed E-state index contributed by atoms with van der Waals surface area (Å²) in [6.45, 7) is 0.380. The molecule has 1 fully saturated rings. The van der Waals surface area contributed by atoms with E-state index < -0.39 is 17.8 Å². The molecule has 2 atom stereocenters. The van der Waals surface area contributed by atoms with Gasteiger partial charge in [0.15, 0.2) is 0 Å².